The molecule has 0 aliphatic carbocycles. The number of nitrogens with zero attached hydrogens (tertiary/aromatic N) is 1. The largest absolute Gasteiger partial charge is 0.494 e. The molecule has 0 unspecified atom stereocenters. The molecule has 0 spiro atoms. The topological polar surface area (TPSA) is 128 Å². The van der Waals surface area contributed by atoms with Crippen molar-refractivity contribution in [1.29, 1.82) is 0 Å². The van der Waals surface area contributed by atoms with Crippen LogP contribution in [0, 0.1) is 10.1 Å². The molecule has 156 valence electrons. The number of sulfonamides is 1. The second-order valence-electron chi connectivity index (χ2n) is 6.13. The molecule has 2 aromatic carbocycles. The average molecular weight is 462 g/mol. The van der Waals surface area contributed by atoms with E-state index in [0.29, 0.717) is 0 Å². The number of nitro groups is 1. The molecular weight excluding hydrogens is 445 g/mol. The zero-order chi connectivity index (χ0) is 21.9. The summed E-state index contributed by atoms with van der Waals surface area (Å²) < 4.78 is 32.4. The lowest BCUT2D eigenvalue weighted by atomic mass is 10.2. The molecule has 0 bridgehead atoms. The van der Waals surface area contributed by atoms with Crippen LogP contribution in [-0.2, 0) is 10.0 Å². The number of hydrogen-bond donors (Lipinski definition) is 2. The van der Waals surface area contributed by atoms with Crippen LogP contribution >= 0.6 is 23.2 Å². The normalized spacial score (nSPS) is 11.4. The van der Waals surface area contributed by atoms with Crippen LogP contribution in [0.4, 0.5) is 11.4 Å². The Kier molecular flexibility index (Phi) is 7.06. The fraction of sp³-hybridized carbons (Fsp3) is 0.235. The molecule has 9 nitrogen and oxygen atoms in total. The number of methoxy groups -OCH3 is 1. The lowest BCUT2D eigenvalue weighted by Gasteiger charge is -2.14. The van der Waals surface area contributed by atoms with Crippen molar-refractivity contribution < 1.29 is 22.9 Å². The van der Waals surface area contributed by atoms with Crippen LogP contribution in [0.1, 0.15) is 24.2 Å². The van der Waals surface area contributed by atoms with E-state index < -0.39 is 26.9 Å². The first-order valence-corrected chi connectivity index (χ1v) is 10.4. The average Bonchev–Trinajstić information content (AvgIpc) is 2.60. The summed E-state index contributed by atoms with van der Waals surface area (Å²) >= 11 is 12.1. The van der Waals surface area contributed by atoms with Crippen LogP contribution < -0.4 is 14.8 Å². The van der Waals surface area contributed by atoms with Gasteiger partial charge in [0.2, 0.25) is 10.0 Å². The summed E-state index contributed by atoms with van der Waals surface area (Å²) in [6.45, 7) is 3.27. The Bertz CT molecular complexity index is 1070. The highest BCUT2D eigenvalue weighted by molar-refractivity contribution is 7.89. The molecular formula is C17H17Cl2N3O6S. The van der Waals surface area contributed by atoms with Crippen LogP contribution in [0.3, 0.4) is 0 Å². The third-order valence-corrected chi connectivity index (χ3v) is 6.03. The number of non-ortho nitro benzene ring substituents is 1. The highest BCUT2D eigenvalue weighted by Crippen LogP contribution is 2.32. The minimum Gasteiger partial charge on any atom is -0.494 e. The number of ether oxygens (including phenoxy) is 1. The van der Waals surface area contributed by atoms with Crippen LogP contribution in [0.15, 0.2) is 35.2 Å². The highest BCUT2D eigenvalue weighted by atomic mass is 35.5. The minimum atomic E-state index is -3.98. The van der Waals surface area contributed by atoms with E-state index in [1.807, 2.05) is 0 Å². The predicted molar refractivity (Wildman–Crippen MR) is 110 cm³/mol. The van der Waals surface area contributed by atoms with E-state index in [9.17, 15) is 23.3 Å². The Morgan fingerprint density at radius 2 is 1.83 bits per heavy atom. The van der Waals surface area contributed by atoms with Crippen molar-refractivity contribution >= 4 is 50.5 Å². The molecule has 2 rings (SSSR count). The Hall–Kier alpha value is -2.40. The summed E-state index contributed by atoms with van der Waals surface area (Å²) in [5.41, 5.74) is -0.239. The summed E-state index contributed by atoms with van der Waals surface area (Å²) in [7, 11) is -2.70. The number of benzene rings is 2. The molecule has 0 fully saturated rings. The first-order valence-electron chi connectivity index (χ1n) is 8.11. The van der Waals surface area contributed by atoms with Crippen molar-refractivity contribution in [3.05, 3.63) is 56.1 Å². The smallest absolute Gasteiger partial charge is 0.273 e. The molecule has 2 N–H and O–H groups in total. The van der Waals surface area contributed by atoms with E-state index in [1.54, 1.807) is 13.8 Å². The SMILES string of the molecule is COc1cc([N+](=O)[O-])ccc1NC(=O)c1cc(S(=O)(=O)NC(C)C)c(Cl)cc1Cl. The first kappa shape index (κ1) is 22.9. The number of nitro benzene ring substituents is 1. The van der Waals surface area contributed by atoms with Crippen molar-refractivity contribution in [2.75, 3.05) is 12.4 Å². The van der Waals surface area contributed by atoms with Crippen molar-refractivity contribution in [2.45, 2.75) is 24.8 Å². The fourth-order valence-corrected chi connectivity index (χ4v) is 4.48. The van der Waals surface area contributed by atoms with Crippen LogP contribution in [0.5, 0.6) is 5.75 Å². The summed E-state index contributed by atoms with van der Waals surface area (Å²) in [6.07, 6.45) is 0. The molecule has 0 aliphatic rings. The molecule has 1 amide bonds. The maximum Gasteiger partial charge on any atom is 0.273 e. The summed E-state index contributed by atoms with van der Waals surface area (Å²) in [5, 5.41) is 13.2. The van der Waals surface area contributed by atoms with E-state index in [1.165, 1.54) is 19.2 Å². The third-order valence-electron chi connectivity index (χ3n) is 3.59. The maximum atomic E-state index is 12.7. The third kappa shape index (κ3) is 5.36. The monoisotopic (exact) mass is 461 g/mol. The number of carbonyl (C=O) groups excluding carboxylic acids is 1. The first-order chi connectivity index (χ1) is 13.5. The van der Waals surface area contributed by atoms with E-state index >= 15 is 0 Å². The number of hydrogen-bond acceptors (Lipinski definition) is 6. The summed E-state index contributed by atoms with van der Waals surface area (Å²) in [5.74, 6) is -0.702. The van der Waals surface area contributed by atoms with Gasteiger partial charge in [0.1, 0.15) is 10.6 Å². The Balaban J connectivity index is 2.44. The van der Waals surface area contributed by atoms with E-state index in [4.69, 9.17) is 27.9 Å². The zero-order valence-corrected chi connectivity index (χ0v) is 17.9. The fourth-order valence-electron chi connectivity index (χ4n) is 2.37. The Morgan fingerprint density at radius 3 is 2.38 bits per heavy atom. The standard InChI is InChI=1S/C17H17Cl2N3O6S/c1-9(2)21-29(26,27)16-7-11(12(18)8-13(16)19)17(23)20-14-5-4-10(22(24)25)6-15(14)28-3/h4-9,21H,1-3H3,(H,20,23). The molecule has 0 aromatic heterocycles. The molecule has 0 saturated heterocycles. The quantitative estimate of drug-likeness (QED) is 0.475. The Morgan fingerprint density at radius 1 is 1.17 bits per heavy atom. The maximum absolute atomic E-state index is 12.7. The number of nitrogens with one attached hydrogen (secondary N) is 2. The lowest BCUT2D eigenvalue weighted by Crippen LogP contribution is -2.30. The molecule has 0 radical (unpaired) electrons. The van der Waals surface area contributed by atoms with Crippen LogP contribution in [0.25, 0.3) is 0 Å². The second kappa shape index (κ2) is 8.95. The van der Waals surface area contributed by atoms with Gasteiger partial charge in [-0.3, -0.25) is 14.9 Å². The Labute approximate surface area is 177 Å². The molecule has 0 heterocycles. The predicted octanol–water partition coefficient (Wildman–Crippen LogP) is 3.85. The summed E-state index contributed by atoms with van der Waals surface area (Å²) in [6, 6.07) is 5.43. The second-order valence-corrected chi connectivity index (χ2v) is 8.63. The van der Waals surface area contributed by atoms with Gasteiger partial charge < -0.3 is 10.1 Å². The van der Waals surface area contributed by atoms with Gasteiger partial charge in [0.25, 0.3) is 11.6 Å². The number of carbonyl (C=O) groups is 1. The minimum absolute atomic E-state index is 0.0481. The van der Waals surface area contributed by atoms with Gasteiger partial charge in [0.15, 0.2) is 0 Å². The van der Waals surface area contributed by atoms with Crippen molar-refractivity contribution in [2.24, 2.45) is 0 Å². The van der Waals surface area contributed by atoms with Gasteiger partial charge in [0.05, 0.1) is 39.4 Å². The van der Waals surface area contributed by atoms with E-state index in [0.717, 1.165) is 18.2 Å². The van der Waals surface area contributed by atoms with E-state index in [-0.39, 0.29) is 37.6 Å². The van der Waals surface area contributed by atoms with Gasteiger partial charge in [-0.15, -0.1) is 0 Å². The van der Waals surface area contributed by atoms with Crippen LogP contribution in [-0.4, -0.2) is 32.4 Å². The molecule has 0 aliphatic heterocycles. The van der Waals surface area contributed by atoms with Gasteiger partial charge >= 0.3 is 0 Å². The lowest BCUT2D eigenvalue weighted by molar-refractivity contribution is -0.384. The molecule has 2 aromatic rings. The van der Waals surface area contributed by atoms with Crippen molar-refractivity contribution in [3.63, 3.8) is 0 Å². The summed E-state index contributed by atoms with van der Waals surface area (Å²) in [4.78, 5) is 22.7. The molecule has 0 saturated carbocycles. The van der Waals surface area contributed by atoms with Crippen molar-refractivity contribution in [3.8, 4) is 5.75 Å². The number of rotatable bonds is 7. The van der Waals surface area contributed by atoms with Gasteiger partial charge in [0, 0.05) is 12.1 Å². The highest BCUT2D eigenvalue weighted by Gasteiger charge is 2.24. The number of amides is 1. The number of halogens is 2. The van der Waals surface area contributed by atoms with Gasteiger partial charge in [-0.05, 0) is 32.0 Å². The van der Waals surface area contributed by atoms with Crippen molar-refractivity contribution in [1.82, 2.24) is 4.72 Å². The molecule has 12 heteroatoms. The zero-order valence-electron chi connectivity index (χ0n) is 15.5. The van der Waals surface area contributed by atoms with E-state index in [2.05, 4.69) is 10.0 Å². The molecule has 29 heavy (non-hydrogen) atoms. The van der Waals surface area contributed by atoms with Gasteiger partial charge in [-0.1, -0.05) is 23.2 Å². The van der Waals surface area contributed by atoms with Gasteiger partial charge in [-0.2, -0.15) is 0 Å². The van der Waals surface area contributed by atoms with Crippen LogP contribution in [0.2, 0.25) is 10.0 Å². The molecule has 0 atom stereocenters. The number of anilines is 1. The van der Waals surface area contributed by atoms with Gasteiger partial charge in [-0.25, -0.2) is 13.1 Å².